The van der Waals surface area contributed by atoms with Gasteiger partial charge in [0, 0.05) is 52.9 Å². The second-order valence-electron chi connectivity index (χ2n) is 6.84. The first-order valence-electron chi connectivity index (χ1n) is 9.08. The Morgan fingerprint density at radius 2 is 1.80 bits per heavy atom. The van der Waals surface area contributed by atoms with Crippen LogP contribution in [0.4, 0.5) is 0 Å². The summed E-state index contributed by atoms with van der Waals surface area (Å²) in [6.07, 6.45) is 0.996. The van der Waals surface area contributed by atoms with Gasteiger partial charge in [0.05, 0.1) is 6.54 Å². The molecular formula is C17H34N6O2. The number of amides is 2. The molecule has 2 amide bonds. The zero-order valence-corrected chi connectivity index (χ0v) is 16.3. The van der Waals surface area contributed by atoms with Gasteiger partial charge in [-0.25, -0.2) is 4.99 Å². The highest BCUT2D eigenvalue weighted by molar-refractivity contribution is 5.85. The van der Waals surface area contributed by atoms with E-state index in [1.807, 2.05) is 13.8 Å². The molecule has 1 aliphatic heterocycles. The molecule has 8 heteroatoms. The second-order valence-corrected chi connectivity index (χ2v) is 6.84. The quantitative estimate of drug-likeness (QED) is 0.479. The largest absolute Gasteiger partial charge is 0.356 e. The number of nitrogens with zero attached hydrogens (tertiary/aromatic N) is 4. The van der Waals surface area contributed by atoms with Crippen molar-refractivity contribution in [1.82, 2.24) is 25.3 Å². The molecule has 1 saturated heterocycles. The minimum atomic E-state index is -0.0141. The van der Waals surface area contributed by atoms with E-state index < -0.39 is 0 Å². The molecule has 1 fully saturated rings. The predicted molar refractivity (Wildman–Crippen MR) is 101 cm³/mol. The normalized spacial score (nSPS) is 16.1. The van der Waals surface area contributed by atoms with Crippen LogP contribution in [0.15, 0.2) is 4.99 Å². The van der Waals surface area contributed by atoms with E-state index in [9.17, 15) is 9.59 Å². The van der Waals surface area contributed by atoms with E-state index in [1.165, 1.54) is 0 Å². The van der Waals surface area contributed by atoms with Gasteiger partial charge in [0.1, 0.15) is 6.54 Å². The highest BCUT2D eigenvalue weighted by Gasteiger charge is 2.21. The number of piperazine rings is 1. The summed E-state index contributed by atoms with van der Waals surface area (Å²) < 4.78 is 0. The van der Waals surface area contributed by atoms with Crippen LogP contribution in [0, 0.1) is 0 Å². The third kappa shape index (κ3) is 8.20. The van der Waals surface area contributed by atoms with Crippen molar-refractivity contribution in [2.45, 2.75) is 33.2 Å². The number of guanidine groups is 1. The molecule has 0 aromatic carbocycles. The Bertz CT molecular complexity index is 456. The van der Waals surface area contributed by atoms with Crippen molar-refractivity contribution in [3.63, 3.8) is 0 Å². The second kappa shape index (κ2) is 10.9. The minimum Gasteiger partial charge on any atom is -0.356 e. The van der Waals surface area contributed by atoms with Crippen LogP contribution in [0.2, 0.25) is 0 Å². The van der Waals surface area contributed by atoms with Crippen molar-refractivity contribution in [2.75, 3.05) is 59.9 Å². The maximum Gasteiger partial charge on any atom is 0.243 e. The monoisotopic (exact) mass is 354 g/mol. The number of carbonyl (C=O) groups is 2. The number of hydrogen-bond acceptors (Lipinski definition) is 4. The molecule has 1 heterocycles. The van der Waals surface area contributed by atoms with Crippen LogP contribution in [0.1, 0.15) is 27.2 Å². The Labute approximate surface area is 151 Å². The van der Waals surface area contributed by atoms with Crippen molar-refractivity contribution in [3.05, 3.63) is 0 Å². The Morgan fingerprint density at radius 3 is 2.32 bits per heavy atom. The molecule has 0 spiro atoms. The van der Waals surface area contributed by atoms with Crippen LogP contribution in [0.5, 0.6) is 0 Å². The topological polar surface area (TPSA) is 80.3 Å². The van der Waals surface area contributed by atoms with Gasteiger partial charge >= 0.3 is 0 Å². The predicted octanol–water partition coefficient (Wildman–Crippen LogP) is -0.428. The SMILES string of the molecule is CCCNC(=NCC(=O)N(C)C)N1CCN(CC(=O)NC(C)C)CC1. The van der Waals surface area contributed by atoms with Gasteiger partial charge in [-0.3, -0.25) is 14.5 Å². The summed E-state index contributed by atoms with van der Waals surface area (Å²) in [7, 11) is 3.47. The van der Waals surface area contributed by atoms with Crippen LogP contribution in [0.25, 0.3) is 0 Å². The lowest BCUT2D eigenvalue weighted by Crippen LogP contribution is -2.54. The smallest absolute Gasteiger partial charge is 0.243 e. The highest BCUT2D eigenvalue weighted by atomic mass is 16.2. The number of nitrogens with one attached hydrogen (secondary N) is 2. The zero-order chi connectivity index (χ0) is 18.8. The third-order valence-corrected chi connectivity index (χ3v) is 3.88. The molecule has 0 atom stereocenters. The lowest BCUT2D eigenvalue weighted by atomic mass is 10.3. The number of hydrogen-bond donors (Lipinski definition) is 2. The summed E-state index contributed by atoms with van der Waals surface area (Å²) in [6.45, 7) is 10.6. The van der Waals surface area contributed by atoms with Gasteiger partial charge in [0.25, 0.3) is 0 Å². The van der Waals surface area contributed by atoms with Crippen molar-refractivity contribution in [1.29, 1.82) is 0 Å². The van der Waals surface area contributed by atoms with Gasteiger partial charge in [-0.1, -0.05) is 6.92 Å². The summed E-state index contributed by atoms with van der Waals surface area (Å²) in [4.78, 5) is 34.0. The van der Waals surface area contributed by atoms with Gasteiger partial charge < -0.3 is 20.4 Å². The highest BCUT2D eigenvalue weighted by Crippen LogP contribution is 2.03. The lowest BCUT2D eigenvalue weighted by molar-refractivity contribution is -0.127. The molecule has 1 rings (SSSR count). The molecular weight excluding hydrogens is 320 g/mol. The fourth-order valence-electron chi connectivity index (χ4n) is 2.48. The molecule has 0 bridgehead atoms. The molecule has 25 heavy (non-hydrogen) atoms. The van der Waals surface area contributed by atoms with E-state index >= 15 is 0 Å². The molecule has 0 unspecified atom stereocenters. The Balaban J connectivity index is 2.55. The number of rotatable bonds is 7. The molecule has 1 aliphatic rings. The van der Waals surface area contributed by atoms with Crippen LogP contribution in [0.3, 0.4) is 0 Å². The van der Waals surface area contributed by atoms with Crippen molar-refractivity contribution >= 4 is 17.8 Å². The Kier molecular flexibility index (Phi) is 9.26. The van der Waals surface area contributed by atoms with Gasteiger partial charge in [-0.2, -0.15) is 0 Å². The molecule has 0 aromatic rings. The molecule has 8 nitrogen and oxygen atoms in total. The molecule has 0 aliphatic carbocycles. The molecule has 2 N–H and O–H groups in total. The van der Waals surface area contributed by atoms with Crippen LogP contribution in [-0.4, -0.2) is 98.4 Å². The lowest BCUT2D eigenvalue weighted by Gasteiger charge is -2.36. The Hall–Kier alpha value is -1.83. The van der Waals surface area contributed by atoms with Crippen molar-refractivity contribution in [2.24, 2.45) is 4.99 Å². The summed E-state index contributed by atoms with van der Waals surface area (Å²) in [6, 6.07) is 0.167. The van der Waals surface area contributed by atoms with Gasteiger partial charge in [-0.15, -0.1) is 0 Å². The van der Waals surface area contributed by atoms with E-state index in [1.54, 1.807) is 19.0 Å². The molecule has 144 valence electrons. The number of aliphatic imine (C=N–C) groups is 1. The first-order valence-corrected chi connectivity index (χ1v) is 9.08. The van der Waals surface area contributed by atoms with Crippen LogP contribution >= 0.6 is 0 Å². The van der Waals surface area contributed by atoms with Gasteiger partial charge in [0.2, 0.25) is 11.8 Å². The fourth-order valence-corrected chi connectivity index (χ4v) is 2.48. The first kappa shape index (κ1) is 21.2. The van der Waals surface area contributed by atoms with E-state index in [4.69, 9.17) is 0 Å². The van der Waals surface area contributed by atoms with Crippen molar-refractivity contribution in [3.8, 4) is 0 Å². The van der Waals surface area contributed by atoms with E-state index in [0.717, 1.165) is 45.1 Å². The van der Waals surface area contributed by atoms with Gasteiger partial charge in [-0.05, 0) is 20.3 Å². The fraction of sp³-hybridized carbons (Fsp3) is 0.824. The summed E-state index contributed by atoms with van der Waals surface area (Å²) in [5, 5.41) is 6.25. The van der Waals surface area contributed by atoms with Crippen LogP contribution < -0.4 is 10.6 Å². The van der Waals surface area contributed by atoms with Crippen molar-refractivity contribution < 1.29 is 9.59 Å². The number of carbonyl (C=O) groups excluding carboxylic acids is 2. The summed E-state index contributed by atoms with van der Waals surface area (Å²) in [5.41, 5.74) is 0. The van der Waals surface area contributed by atoms with Gasteiger partial charge in [0.15, 0.2) is 5.96 Å². The molecule has 0 aromatic heterocycles. The average Bonchev–Trinajstić information content (AvgIpc) is 2.54. The minimum absolute atomic E-state index is 0.0141. The summed E-state index contributed by atoms with van der Waals surface area (Å²) in [5.74, 6) is 0.834. The molecule has 0 radical (unpaired) electrons. The van der Waals surface area contributed by atoms with Crippen LogP contribution in [-0.2, 0) is 9.59 Å². The average molecular weight is 354 g/mol. The van der Waals surface area contributed by atoms with E-state index in [-0.39, 0.29) is 24.4 Å². The zero-order valence-electron chi connectivity index (χ0n) is 16.3. The third-order valence-electron chi connectivity index (χ3n) is 3.88. The standard InChI is InChI=1S/C17H34N6O2/c1-6-7-18-17(19-12-16(25)21(4)5)23-10-8-22(9-11-23)13-15(24)20-14(2)3/h14H,6-13H2,1-5H3,(H,18,19)(H,20,24). The van der Waals surface area contributed by atoms with E-state index in [0.29, 0.717) is 6.54 Å². The first-order chi connectivity index (χ1) is 11.8. The van der Waals surface area contributed by atoms with E-state index in [2.05, 4.69) is 32.3 Å². The number of likely N-dealkylation sites (N-methyl/N-ethyl adjacent to an activating group) is 1. The maximum atomic E-state index is 11.9. The Morgan fingerprint density at radius 1 is 1.16 bits per heavy atom. The maximum absolute atomic E-state index is 11.9. The summed E-state index contributed by atoms with van der Waals surface area (Å²) >= 11 is 0. The molecule has 0 saturated carbocycles.